The van der Waals surface area contributed by atoms with Crippen molar-refractivity contribution in [1.82, 2.24) is 14.8 Å². The Bertz CT molecular complexity index is 1060. The number of nitrogens with zero attached hydrogens (tertiary/aromatic N) is 3. The van der Waals surface area contributed by atoms with Crippen LogP contribution >= 0.6 is 11.8 Å². The zero-order valence-electron chi connectivity index (χ0n) is 15.2. The fourth-order valence-electron chi connectivity index (χ4n) is 2.70. The lowest BCUT2D eigenvalue weighted by molar-refractivity contribution is -0.113. The number of rotatable bonds is 6. The van der Waals surface area contributed by atoms with Gasteiger partial charge in [-0.05, 0) is 43.3 Å². The van der Waals surface area contributed by atoms with Gasteiger partial charge in [-0.25, -0.2) is 0 Å². The van der Waals surface area contributed by atoms with Gasteiger partial charge in [-0.3, -0.25) is 9.36 Å². The van der Waals surface area contributed by atoms with Crippen LogP contribution in [0.2, 0.25) is 0 Å². The molecule has 140 valence electrons. The zero-order chi connectivity index (χ0) is 19.3. The summed E-state index contributed by atoms with van der Waals surface area (Å²) in [6, 6.07) is 21.1. The number of anilines is 1. The second-order valence-corrected chi connectivity index (χ2v) is 7.10. The molecule has 6 nitrogen and oxygen atoms in total. The van der Waals surface area contributed by atoms with Crippen molar-refractivity contribution in [2.45, 2.75) is 12.1 Å². The Morgan fingerprint density at radius 2 is 1.82 bits per heavy atom. The van der Waals surface area contributed by atoms with E-state index in [1.165, 1.54) is 11.8 Å². The highest BCUT2D eigenvalue weighted by molar-refractivity contribution is 7.99. The van der Waals surface area contributed by atoms with Gasteiger partial charge in [0.05, 0.1) is 12.0 Å². The molecule has 0 atom stereocenters. The van der Waals surface area contributed by atoms with Crippen LogP contribution in [-0.4, -0.2) is 26.4 Å². The number of nitrogens with one attached hydrogen (secondary N) is 1. The smallest absolute Gasteiger partial charge is 0.234 e. The zero-order valence-corrected chi connectivity index (χ0v) is 16.0. The first-order chi connectivity index (χ1) is 13.7. The molecule has 0 radical (unpaired) electrons. The van der Waals surface area contributed by atoms with Crippen molar-refractivity contribution in [3.63, 3.8) is 0 Å². The number of hydrogen-bond acceptors (Lipinski definition) is 5. The number of aromatic nitrogens is 3. The molecule has 0 fully saturated rings. The van der Waals surface area contributed by atoms with Crippen molar-refractivity contribution in [3.8, 4) is 17.3 Å². The fourth-order valence-corrected chi connectivity index (χ4v) is 3.45. The van der Waals surface area contributed by atoms with Crippen LogP contribution in [-0.2, 0) is 4.79 Å². The number of carbonyl (C=O) groups excluding carboxylic acids is 1. The molecule has 1 amide bonds. The van der Waals surface area contributed by atoms with Crippen molar-refractivity contribution >= 4 is 23.4 Å². The molecule has 2 heterocycles. The van der Waals surface area contributed by atoms with Crippen LogP contribution in [0.15, 0.2) is 82.6 Å². The van der Waals surface area contributed by atoms with Gasteiger partial charge in [0.15, 0.2) is 10.9 Å². The van der Waals surface area contributed by atoms with Crippen molar-refractivity contribution in [3.05, 3.63) is 78.6 Å². The molecule has 7 heteroatoms. The Morgan fingerprint density at radius 3 is 2.54 bits per heavy atom. The Hall–Kier alpha value is -3.32. The second-order valence-electron chi connectivity index (χ2n) is 6.16. The number of para-hydroxylation sites is 1. The topological polar surface area (TPSA) is 73.0 Å². The van der Waals surface area contributed by atoms with E-state index in [1.807, 2.05) is 72.2 Å². The van der Waals surface area contributed by atoms with Crippen LogP contribution in [0.3, 0.4) is 0 Å². The molecular formula is C21H18N4O2S. The molecule has 0 spiro atoms. The number of benzene rings is 2. The van der Waals surface area contributed by atoms with Gasteiger partial charge in [-0.15, -0.1) is 10.2 Å². The van der Waals surface area contributed by atoms with E-state index in [1.54, 1.807) is 12.3 Å². The molecule has 2 aromatic heterocycles. The molecule has 28 heavy (non-hydrogen) atoms. The number of amides is 1. The van der Waals surface area contributed by atoms with Crippen molar-refractivity contribution in [2.24, 2.45) is 0 Å². The summed E-state index contributed by atoms with van der Waals surface area (Å²) in [4.78, 5) is 12.3. The molecule has 0 unspecified atom stereocenters. The SMILES string of the molecule is Cc1ccc(NC(=O)CSc2nnc(-c3ccco3)n2-c2ccccc2)cc1. The van der Waals surface area contributed by atoms with E-state index in [0.717, 1.165) is 16.9 Å². The number of thioether (sulfide) groups is 1. The van der Waals surface area contributed by atoms with E-state index in [2.05, 4.69) is 15.5 Å². The van der Waals surface area contributed by atoms with E-state index >= 15 is 0 Å². The van der Waals surface area contributed by atoms with Gasteiger partial charge in [0.2, 0.25) is 11.7 Å². The Labute approximate surface area is 166 Å². The minimum atomic E-state index is -0.101. The summed E-state index contributed by atoms with van der Waals surface area (Å²) in [5, 5.41) is 12.1. The van der Waals surface area contributed by atoms with E-state index in [0.29, 0.717) is 16.7 Å². The molecule has 0 aliphatic carbocycles. The largest absolute Gasteiger partial charge is 0.461 e. The van der Waals surface area contributed by atoms with E-state index in [-0.39, 0.29) is 11.7 Å². The summed E-state index contributed by atoms with van der Waals surface area (Å²) in [7, 11) is 0. The van der Waals surface area contributed by atoms with E-state index < -0.39 is 0 Å². The first-order valence-corrected chi connectivity index (χ1v) is 9.73. The van der Waals surface area contributed by atoms with Crippen LogP contribution in [0.4, 0.5) is 5.69 Å². The standard InChI is InChI=1S/C21H18N4O2S/c1-15-9-11-16(12-10-15)22-19(26)14-28-21-24-23-20(18-8-5-13-27-18)25(21)17-6-3-2-4-7-17/h2-13H,14H2,1H3,(H,22,26). The average Bonchev–Trinajstić information content (AvgIpc) is 3.38. The predicted octanol–water partition coefficient (Wildman–Crippen LogP) is 4.57. The van der Waals surface area contributed by atoms with E-state index in [9.17, 15) is 4.79 Å². The molecule has 0 saturated heterocycles. The van der Waals surface area contributed by atoms with E-state index in [4.69, 9.17) is 4.42 Å². The maximum absolute atomic E-state index is 12.3. The number of furan rings is 1. The molecule has 4 aromatic rings. The summed E-state index contributed by atoms with van der Waals surface area (Å²) in [5.41, 5.74) is 2.83. The van der Waals surface area contributed by atoms with Gasteiger partial charge in [-0.2, -0.15) is 0 Å². The summed E-state index contributed by atoms with van der Waals surface area (Å²) < 4.78 is 7.39. The predicted molar refractivity (Wildman–Crippen MR) is 110 cm³/mol. The van der Waals surface area contributed by atoms with Gasteiger partial charge in [0, 0.05) is 11.4 Å². The third-order valence-corrected chi connectivity index (χ3v) is 4.99. The van der Waals surface area contributed by atoms with Gasteiger partial charge >= 0.3 is 0 Å². The lowest BCUT2D eigenvalue weighted by atomic mass is 10.2. The van der Waals surface area contributed by atoms with Crippen LogP contribution in [0, 0.1) is 6.92 Å². The molecule has 2 aromatic carbocycles. The number of carbonyl (C=O) groups is 1. The quantitative estimate of drug-likeness (QED) is 0.488. The third kappa shape index (κ3) is 3.99. The average molecular weight is 390 g/mol. The molecule has 0 saturated carbocycles. The van der Waals surface area contributed by atoms with Gasteiger partial charge in [-0.1, -0.05) is 47.7 Å². The summed E-state index contributed by atoms with van der Waals surface area (Å²) in [6.45, 7) is 2.01. The van der Waals surface area contributed by atoms with Crippen LogP contribution < -0.4 is 5.32 Å². The van der Waals surface area contributed by atoms with Crippen LogP contribution in [0.5, 0.6) is 0 Å². The van der Waals surface area contributed by atoms with Crippen molar-refractivity contribution in [2.75, 3.05) is 11.1 Å². The Balaban J connectivity index is 1.54. The molecule has 4 rings (SSSR count). The normalized spacial score (nSPS) is 10.8. The highest BCUT2D eigenvalue weighted by Crippen LogP contribution is 2.28. The maximum Gasteiger partial charge on any atom is 0.234 e. The van der Waals surface area contributed by atoms with Crippen molar-refractivity contribution in [1.29, 1.82) is 0 Å². The molecule has 0 aliphatic heterocycles. The fraction of sp³-hybridized carbons (Fsp3) is 0.0952. The third-order valence-electron chi connectivity index (χ3n) is 4.06. The first-order valence-electron chi connectivity index (χ1n) is 8.75. The highest BCUT2D eigenvalue weighted by atomic mass is 32.2. The summed E-state index contributed by atoms with van der Waals surface area (Å²) in [5.74, 6) is 1.33. The van der Waals surface area contributed by atoms with Gasteiger partial charge in [0.1, 0.15) is 0 Å². The molecule has 0 aliphatic rings. The van der Waals surface area contributed by atoms with Gasteiger partial charge < -0.3 is 9.73 Å². The number of aryl methyl sites for hydroxylation is 1. The monoisotopic (exact) mass is 390 g/mol. The molecule has 1 N–H and O–H groups in total. The highest BCUT2D eigenvalue weighted by Gasteiger charge is 2.18. The molecular weight excluding hydrogens is 372 g/mol. The number of hydrogen-bond donors (Lipinski definition) is 1. The van der Waals surface area contributed by atoms with Crippen molar-refractivity contribution < 1.29 is 9.21 Å². The first kappa shape index (κ1) is 18.1. The second kappa shape index (κ2) is 8.14. The van der Waals surface area contributed by atoms with Gasteiger partial charge in [0.25, 0.3) is 0 Å². The lowest BCUT2D eigenvalue weighted by Gasteiger charge is -2.09. The summed E-state index contributed by atoms with van der Waals surface area (Å²) >= 11 is 1.33. The lowest BCUT2D eigenvalue weighted by Crippen LogP contribution is -2.14. The Kier molecular flexibility index (Phi) is 5.25. The van der Waals surface area contributed by atoms with Crippen LogP contribution in [0.1, 0.15) is 5.56 Å². The van der Waals surface area contributed by atoms with Crippen LogP contribution in [0.25, 0.3) is 17.3 Å². The Morgan fingerprint density at radius 1 is 1.04 bits per heavy atom. The summed E-state index contributed by atoms with van der Waals surface area (Å²) in [6.07, 6.45) is 1.60. The minimum Gasteiger partial charge on any atom is -0.461 e. The minimum absolute atomic E-state index is 0.101. The maximum atomic E-state index is 12.3. The molecule has 0 bridgehead atoms.